The maximum atomic E-state index is 11.8. The zero-order valence-electron chi connectivity index (χ0n) is 9.68. The SMILES string of the molecule is CCC(CO)(CO)NC(=O)c1cccc(O)c1. The highest BCUT2D eigenvalue weighted by molar-refractivity contribution is 5.95. The van der Waals surface area contributed by atoms with E-state index in [2.05, 4.69) is 5.32 Å². The van der Waals surface area contributed by atoms with E-state index >= 15 is 0 Å². The number of benzene rings is 1. The molecule has 0 heterocycles. The lowest BCUT2D eigenvalue weighted by Gasteiger charge is -2.29. The minimum Gasteiger partial charge on any atom is -0.508 e. The first-order chi connectivity index (χ1) is 8.06. The second-order valence-electron chi connectivity index (χ2n) is 3.95. The van der Waals surface area contributed by atoms with Crippen LogP contribution in [-0.2, 0) is 0 Å². The van der Waals surface area contributed by atoms with Gasteiger partial charge in [-0.1, -0.05) is 13.0 Å². The Balaban J connectivity index is 2.84. The Morgan fingerprint density at radius 2 is 2.00 bits per heavy atom. The number of carbonyl (C=O) groups excluding carboxylic acids is 1. The number of aliphatic hydroxyl groups excluding tert-OH is 2. The first-order valence-electron chi connectivity index (χ1n) is 5.40. The highest BCUT2D eigenvalue weighted by Gasteiger charge is 2.28. The average Bonchev–Trinajstić information content (AvgIpc) is 2.36. The summed E-state index contributed by atoms with van der Waals surface area (Å²) in [7, 11) is 0. The van der Waals surface area contributed by atoms with E-state index in [0.717, 1.165) is 0 Å². The van der Waals surface area contributed by atoms with E-state index in [0.29, 0.717) is 6.42 Å². The molecule has 5 nitrogen and oxygen atoms in total. The molecule has 0 atom stereocenters. The molecule has 0 spiro atoms. The highest BCUT2D eigenvalue weighted by Crippen LogP contribution is 2.14. The summed E-state index contributed by atoms with van der Waals surface area (Å²) in [5.74, 6) is -0.446. The lowest BCUT2D eigenvalue weighted by atomic mass is 9.98. The van der Waals surface area contributed by atoms with Crippen molar-refractivity contribution in [3.63, 3.8) is 0 Å². The van der Waals surface area contributed by atoms with Gasteiger partial charge in [-0.25, -0.2) is 0 Å². The van der Waals surface area contributed by atoms with Crippen LogP contribution in [0.3, 0.4) is 0 Å². The summed E-state index contributed by atoms with van der Waals surface area (Å²) in [6.45, 7) is 1.07. The molecule has 94 valence electrons. The second kappa shape index (κ2) is 5.65. The number of hydrogen-bond acceptors (Lipinski definition) is 4. The molecule has 1 rings (SSSR count). The van der Waals surface area contributed by atoms with Crippen LogP contribution in [0.2, 0.25) is 0 Å². The van der Waals surface area contributed by atoms with Crippen LogP contribution in [0.15, 0.2) is 24.3 Å². The number of phenols is 1. The predicted molar refractivity (Wildman–Crippen MR) is 62.8 cm³/mol. The van der Waals surface area contributed by atoms with E-state index in [4.69, 9.17) is 0 Å². The molecule has 1 aromatic carbocycles. The standard InChI is InChI=1S/C12H17NO4/c1-2-12(7-14,8-15)13-11(17)9-4-3-5-10(16)6-9/h3-6,14-16H,2,7-8H2,1H3,(H,13,17). The first kappa shape index (κ1) is 13.5. The molecule has 0 saturated carbocycles. The monoisotopic (exact) mass is 239 g/mol. The molecular formula is C12H17NO4. The summed E-state index contributed by atoms with van der Waals surface area (Å²) in [5.41, 5.74) is -0.743. The van der Waals surface area contributed by atoms with Gasteiger partial charge in [-0.3, -0.25) is 4.79 Å². The lowest BCUT2D eigenvalue weighted by molar-refractivity contribution is 0.0652. The normalized spacial score (nSPS) is 11.2. The van der Waals surface area contributed by atoms with Crippen molar-refractivity contribution in [2.24, 2.45) is 0 Å². The van der Waals surface area contributed by atoms with Gasteiger partial charge in [-0.15, -0.1) is 0 Å². The number of hydrogen-bond donors (Lipinski definition) is 4. The number of rotatable bonds is 5. The Labute approximate surface area is 99.7 Å². The van der Waals surface area contributed by atoms with E-state index in [9.17, 15) is 20.1 Å². The molecule has 0 unspecified atom stereocenters. The molecule has 0 bridgehead atoms. The summed E-state index contributed by atoms with van der Waals surface area (Å²) in [6.07, 6.45) is 0.407. The van der Waals surface area contributed by atoms with Crippen LogP contribution in [0.5, 0.6) is 5.75 Å². The summed E-state index contributed by atoms with van der Waals surface area (Å²) < 4.78 is 0. The van der Waals surface area contributed by atoms with Crippen molar-refractivity contribution in [3.8, 4) is 5.75 Å². The molecule has 0 fully saturated rings. The Hall–Kier alpha value is -1.59. The minimum atomic E-state index is -1.03. The van der Waals surface area contributed by atoms with Crippen LogP contribution in [0.25, 0.3) is 0 Å². The Morgan fingerprint density at radius 3 is 2.47 bits per heavy atom. The predicted octanol–water partition coefficient (Wildman–Crippen LogP) is 0.255. The lowest BCUT2D eigenvalue weighted by Crippen LogP contribution is -2.53. The van der Waals surface area contributed by atoms with Gasteiger partial charge in [0.2, 0.25) is 0 Å². The third-order valence-corrected chi connectivity index (χ3v) is 2.77. The first-order valence-corrected chi connectivity index (χ1v) is 5.40. The van der Waals surface area contributed by atoms with Crippen molar-refractivity contribution < 1.29 is 20.1 Å². The summed E-state index contributed by atoms with van der Waals surface area (Å²) >= 11 is 0. The smallest absolute Gasteiger partial charge is 0.252 e. The average molecular weight is 239 g/mol. The van der Waals surface area contributed by atoms with Crippen LogP contribution in [0, 0.1) is 0 Å². The molecule has 0 aromatic heterocycles. The molecule has 0 saturated heterocycles. The summed E-state index contributed by atoms with van der Waals surface area (Å²) in [5, 5.41) is 30.2. The Kier molecular flexibility index (Phi) is 4.48. The number of amides is 1. The maximum absolute atomic E-state index is 11.8. The van der Waals surface area contributed by atoms with E-state index < -0.39 is 11.4 Å². The molecule has 0 aliphatic rings. The third kappa shape index (κ3) is 3.18. The number of carbonyl (C=O) groups is 1. The quantitative estimate of drug-likeness (QED) is 0.593. The van der Waals surface area contributed by atoms with Crippen molar-refractivity contribution in [1.82, 2.24) is 5.32 Å². The Bertz CT molecular complexity index is 380. The van der Waals surface area contributed by atoms with Gasteiger partial charge in [0.1, 0.15) is 5.75 Å². The van der Waals surface area contributed by atoms with Gasteiger partial charge >= 0.3 is 0 Å². The van der Waals surface area contributed by atoms with Crippen molar-refractivity contribution >= 4 is 5.91 Å². The topological polar surface area (TPSA) is 89.8 Å². The fraction of sp³-hybridized carbons (Fsp3) is 0.417. The van der Waals surface area contributed by atoms with Crippen LogP contribution in [0.4, 0.5) is 0 Å². The van der Waals surface area contributed by atoms with Crippen molar-refractivity contribution in [2.45, 2.75) is 18.9 Å². The van der Waals surface area contributed by atoms with Gasteiger partial charge in [0.05, 0.1) is 18.8 Å². The van der Waals surface area contributed by atoms with Gasteiger partial charge in [0.15, 0.2) is 0 Å². The molecular weight excluding hydrogens is 222 g/mol. The van der Waals surface area contributed by atoms with Gasteiger partial charge < -0.3 is 20.6 Å². The molecule has 1 amide bonds. The van der Waals surface area contributed by atoms with Crippen LogP contribution in [0.1, 0.15) is 23.7 Å². The molecule has 1 aromatic rings. The number of nitrogens with one attached hydrogen (secondary N) is 1. The van der Waals surface area contributed by atoms with Crippen LogP contribution >= 0.6 is 0 Å². The highest BCUT2D eigenvalue weighted by atomic mass is 16.3. The molecule has 5 heteroatoms. The van der Waals surface area contributed by atoms with Crippen molar-refractivity contribution in [3.05, 3.63) is 29.8 Å². The molecule has 0 aliphatic heterocycles. The van der Waals surface area contributed by atoms with E-state index in [1.165, 1.54) is 12.1 Å². The molecule has 4 N–H and O–H groups in total. The fourth-order valence-electron chi connectivity index (χ4n) is 1.40. The van der Waals surface area contributed by atoms with Crippen LogP contribution < -0.4 is 5.32 Å². The van der Waals surface area contributed by atoms with Gasteiger partial charge in [-0.2, -0.15) is 0 Å². The van der Waals surface area contributed by atoms with Gasteiger partial charge in [0.25, 0.3) is 5.91 Å². The molecule has 0 radical (unpaired) electrons. The van der Waals surface area contributed by atoms with E-state index in [1.807, 2.05) is 0 Å². The van der Waals surface area contributed by atoms with Crippen molar-refractivity contribution in [1.29, 1.82) is 0 Å². The van der Waals surface area contributed by atoms with Gasteiger partial charge in [0, 0.05) is 5.56 Å². The second-order valence-corrected chi connectivity index (χ2v) is 3.95. The number of aromatic hydroxyl groups is 1. The molecule has 17 heavy (non-hydrogen) atoms. The zero-order chi connectivity index (χ0) is 12.9. The maximum Gasteiger partial charge on any atom is 0.252 e. The Morgan fingerprint density at radius 1 is 1.35 bits per heavy atom. The minimum absolute atomic E-state index is 0.00672. The zero-order valence-corrected chi connectivity index (χ0v) is 9.68. The summed E-state index contributed by atoms with van der Waals surface area (Å²) in [6, 6.07) is 5.88. The number of phenolic OH excluding ortho intramolecular Hbond substituents is 1. The third-order valence-electron chi connectivity index (χ3n) is 2.77. The molecule has 0 aliphatic carbocycles. The number of aliphatic hydroxyl groups is 2. The fourth-order valence-corrected chi connectivity index (χ4v) is 1.40. The largest absolute Gasteiger partial charge is 0.508 e. The van der Waals surface area contributed by atoms with Gasteiger partial charge in [-0.05, 0) is 24.6 Å². The van der Waals surface area contributed by atoms with Crippen LogP contribution in [-0.4, -0.2) is 40.0 Å². The summed E-state index contributed by atoms with van der Waals surface area (Å²) in [4.78, 5) is 11.8. The van der Waals surface area contributed by atoms with Crippen molar-refractivity contribution in [2.75, 3.05) is 13.2 Å². The van der Waals surface area contributed by atoms with E-state index in [-0.39, 0.29) is 24.5 Å². The van der Waals surface area contributed by atoms with E-state index in [1.54, 1.807) is 19.1 Å².